The summed E-state index contributed by atoms with van der Waals surface area (Å²) in [6, 6.07) is 4.03. The predicted octanol–water partition coefficient (Wildman–Crippen LogP) is 3.75. The van der Waals surface area contributed by atoms with Gasteiger partial charge in [-0.2, -0.15) is 0 Å². The number of phenols is 1. The van der Waals surface area contributed by atoms with Crippen LogP contribution in [0.3, 0.4) is 0 Å². The number of rotatable bonds is 2. The molecule has 0 atom stereocenters. The summed E-state index contributed by atoms with van der Waals surface area (Å²) < 4.78 is 1.12. The molecule has 1 fully saturated rings. The number of piperidine rings is 1. The van der Waals surface area contributed by atoms with Crippen molar-refractivity contribution in [1.82, 2.24) is 5.32 Å². The van der Waals surface area contributed by atoms with Crippen LogP contribution in [-0.4, -0.2) is 18.2 Å². The summed E-state index contributed by atoms with van der Waals surface area (Å²) in [6.45, 7) is 6.38. The van der Waals surface area contributed by atoms with Crippen molar-refractivity contribution < 1.29 is 5.11 Å². The zero-order chi connectivity index (χ0) is 12.4. The van der Waals surface area contributed by atoms with Crippen LogP contribution >= 0.6 is 15.9 Å². The van der Waals surface area contributed by atoms with Gasteiger partial charge in [-0.3, -0.25) is 0 Å². The van der Waals surface area contributed by atoms with E-state index in [0.29, 0.717) is 17.6 Å². The molecular weight excluding hydrogens is 278 g/mol. The Morgan fingerprint density at radius 3 is 2.53 bits per heavy atom. The van der Waals surface area contributed by atoms with E-state index in [1.54, 1.807) is 0 Å². The van der Waals surface area contributed by atoms with Crippen LogP contribution in [0.4, 0.5) is 0 Å². The van der Waals surface area contributed by atoms with Crippen molar-refractivity contribution in [3.63, 3.8) is 0 Å². The molecule has 0 saturated carbocycles. The van der Waals surface area contributed by atoms with Gasteiger partial charge in [0.05, 0.1) is 0 Å². The Morgan fingerprint density at radius 2 is 1.94 bits per heavy atom. The monoisotopic (exact) mass is 297 g/mol. The van der Waals surface area contributed by atoms with Crippen LogP contribution in [0.15, 0.2) is 16.6 Å². The average Bonchev–Trinajstić information content (AvgIpc) is 2.32. The lowest BCUT2D eigenvalue weighted by Gasteiger charge is -2.24. The lowest BCUT2D eigenvalue weighted by molar-refractivity contribution is 0.423. The smallest absolute Gasteiger partial charge is 0.119 e. The molecule has 2 nitrogen and oxygen atoms in total. The Labute approximate surface area is 112 Å². The van der Waals surface area contributed by atoms with E-state index in [2.05, 4.69) is 41.2 Å². The number of halogens is 1. The minimum atomic E-state index is 0.428. The van der Waals surface area contributed by atoms with Crippen molar-refractivity contribution in [2.75, 3.05) is 13.1 Å². The molecule has 0 aliphatic carbocycles. The van der Waals surface area contributed by atoms with Crippen molar-refractivity contribution in [3.05, 3.63) is 27.7 Å². The third-order valence-electron chi connectivity index (χ3n) is 3.55. The zero-order valence-electron chi connectivity index (χ0n) is 10.5. The van der Waals surface area contributed by atoms with E-state index in [4.69, 9.17) is 0 Å². The number of aromatic hydroxyl groups is 1. The molecule has 1 aromatic carbocycles. The Kier molecular flexibility index (Phi) is 4.10. The lowest BCUT2D eigenvalue weighted by Crippen LogP contribution is -2.26. The molecule has 1 saturated heterocycles. The number of hydrogen-bond acceptors (Lipinski definition) is 2. The minimum Gasteiger partial charge on any atom is -0.508 e. The summed E-state index contributed by atoms with van der Waals surface area (Å²) in [5.74, 6) is 1.38. The average molecular weight is 298 g/mol. The van der Waals surface area contributed by atoms with Gasteiger partial charge >= 0.3 is 0 Å². The Morgan fingerprint density at radius 1 is 1.29 bits per heavy atom. The molecule has 0 aromatic heterocycles. The molecule has 2 N–H and O–H groups in total. The van der Waals surface area contributed by atoms with Gasteiger partial charge in [0.25, 0.3) is 0 Å². The quantitative estimate of drug-likeness (QED) is 0.871. The summed E-state index contributed by atoms with van der Waals surface area (Å²) >= 11 is 3.62. The SMILES string of the molecule is CC(C)c1cc(O)c(C2CCNCC2)cc1Br. The maximum Gasteiger partial charge on any atom is 0.119 e. The zero-order valence-corrected chi connectivity index (χ0v) is 12.0. The fraction of sp³-hybridized carbons (Fsp3) is 0.571. The number of nitrogens with one attached hydrogen (secondary N) is 1. The van der Waals surface area contributed by atoms with Gasteiger partial charge in [-0.05, 0) is 61.0 Å². The van der Waals surface area contributed by atoms with Crippen molar-refractivity contribution in [2.45, 2.75) is 38.5 Å². The Bertz CT molecular complexity index is 397. The summed E-state index contributed by atoms with van der Waals surface area (Å²) in [5.41, 5.74) is 2.28. The van der Waals surface area contributed by atoms with Crippen LogP contribution in [-0.2, 0) is 0 Å². The Hall–Kier alpha value is -0.540. The van der Waals surface area contributed by atoms with E-state index in [9.17, 15) is 5.11 Å². The maximum absolute atomic E-state index is 10.2. The molecule has 0 unspecified atom stereocenters. The first-order valence-corrected chi connectivity index (χ1v) is 7.12. The molecule has 0 bridgehead atoms. The van der Waals surface area contributed by atoms with Crippen molar-refractivity contribution in [3.8, 4) is 5.75 Å². The van der Waals surface area contributed by atoms with Crippen LogP contribution in [0.5, 0.6) is 5.75 Å². The number of benzene rings is 1. The molecule has 3 heteroatoms. The number of hydrogen-bond donors (Lipinski definition) is 2. The second kappa shape index (κ2) is 5.40. The van der Waals surface area contributed by atoms with Gasteiger partial charge in [0.15, 0.2) is 0 Å². The standard InChI is InChI=1S/C14H20BrNO/c1-9(2)11-8-14(17)12(7-13(11)15)10-3-5-16-6-4-10/h7-10,16-17H,3-6H2,1-2H3. The maximum atomic E-state index is 10.2. The fourth-order valence-electron chi connectivity index (χ4n) is 2.50. The van der Waals surface area contributed by atoms with E-state index in [1.807, 2.05) is 6.07 Å². The van der Waals surface area contributed by atoms with Crippen LogP contribution in [0.1, 0.15) is 49.7 Å². The highest BCUT2D eigenvalue weighted by molar-refractivity contribution is 9.10. The van der Waals surface area contributed by atoms with Crippen molar-refractivity contribution in [2.24, 2.45) is 0 Å². The molecule has 1 aromatic rings. The first kappa shape index (κ1) is 12.9. The first-order valence-electron chi connectivity index (χ1n) is 6.32. The highest BCUT2D eigenvalue weighted by atomic mass is 79.9. The van der Waals surface area contributed by atoms with Gasteiger partial charge in [-0.25, -0.2) is 0 Å². The molecule has 0 amide bonds. The lowest BCUT2D eigenvalue weighted by atomic mass is 9.88. The van der Waals surface area contributed by atoms with Crippen molar-refractivity contribution >= 4 is 15.9 Å². The van der Waals surface area contributed by atoms with E-state index in [1.165, 1.54) is 5.56 Å². The summed E-state index contributed by atoms with van der Waals surface area (Å²) in [7, 11) is 0. The van der Waals surface area contributed by atoms with Crippen LogP contribution in [0, 0.1) is 0 Å². The summed E-state index contributed by atoms with van der Waals surface area (Å²) in [4.78, 5) is 0. The van der Waals surface area contributed by atoms with Gasteiger partial charge in [-0.15, -0.1) is 0 Å². The molecule has 1 heterocycles. The highest BCUT2D eigenvalue weighted by Crippen LogP contribution is 2.37. The molecular formula is C14H20BrNO. The van der Waals surface area contributed by atoms with E-state index in [-0.39, 0.29) is 0 Å². The third kappa shape index (κ3) is 2.83. The predicted molar refractivity (Wildman–Crippen MR) is 74.7 cm³/mol. The van der Waals surface area contributed by atoms with Crippen LogP contribution in [0.25, 0.3) is 0 Å². The molecule has 2 rings (SSSR count). The molecule has 0 spiro atoms. The third-order valence-corrected chi connectivity index (χ3v) is 4.23. The van der Waals surface area contributed by atoms with Gasteiger partial charge in [0.1, 0.15) is 5.75 Å². The molecule has 94 valence electrons. The molecule has 0 radical (unpaired) electrons. The molecule has 1 aliphatic heterocycles. The van der Waals surface area contributed by atoms with Gasteiger partial charge < -0.3 is 10.4 Å². The fourth-order valence-corrected chi connectivity index (χ4v) is 3.31. The van der Waals surface area contributed by atoms with Crippen molar-refractivity contribution in [1.29, 1.82) is 0 Å². The van der Waals surface area contributed by atoms with E-state index >= 15 is 0 Å². The minimum absolute atomic E-state index is 0.428. The molecule has 17 heavy (non-hydrogen) atoms. The van der Waals surface area contributed by atoms with Gasteiger partial charge in [0.2, 0.25) is 0 Å². The van der Waals surface area contributed by atoms with Gasteiger partial charge in [-0.1, -0.05) is 29.8 Å². The van der Waals surface area contributed by atoms with Gasteiger partial charge in [0, 0.05) is 4.47 Å². The Balaban J connectivity index is 2.32. The van der Waals surface area contributed by atoms with Crippen LogP contribution < -0.4 is 5.32 Å². The first-order chi connectivity index (χ1) is 8.09. The normalized spacial score (nSPS) is 17.6. The largest absolute Gasteiger partial charge is 0.508 e. The van der Waals surface area contributed by atoms with E-state index < -0.39 is 0 Å². The van der Waals surface area contributed by atoms with E-state index in [0.717, 1.165) is 36.0 Å². The topological polar surface area (TPSA) is 32.3 Å². The highest BCUT2D eigenvalue weighted by Gasteiger charge is 2.20. The van der Waals surface area contributed by atoms with Crippen LogP contribution in [0.2, 0.25) is 0 Å². The summed E-state index contributed by atoms with van der Waals surface area (Å²) in [5, 5.41) is 13.5. The number of phenolic OH excluding ortho intramolecular Hbond substituents is 1. The molecule has 1 aliphatic rings. The summed E-state index contributed by atoms with van der Waals surface area (Å²) in [6.07, 6.45) is 2.22. The second-order valence-electron chi connectivity index (χ2n) is 5.11. The second-order valence-corrected chi connectivity index (χ2v) is 5.97.